The maximum absolute atomic E-state index is 13.2. The van der Waals surface area contributed by atoms with Crippen molar-refractivity contribution in [1.82, 2.24) is 0 Å². The molecule has 0 unspecified atom stereocenters. The summed E-state index contributed by atoms with van der Waals surface area (Å²) in [6.45, 7) is 1.04. The summed E-state index contributed by atoms with van der Waals surface area (Å²) < 4.78 is 13.2. The Balaban J connectivity index is 0.00000280. The second kappa shape index (κ2) is 9.41. The molecule has 0 aliphatic carbocycles. The van der Waals surface area contributed by atoms with Crippen LogP contribution in [0.1, 0.15) is 18.4 Å². The van der Waals surface area contributed by atoms with Crippen molar-refractivity contribution in [2.45, 2.75) is 19.3 Å². The zero-order valence-electron chi connectivity index (χ0n) is 15.4. The molecule has 2 aromatic rings. The minimum absolute atomic E-state index is 0. The average molecular weight is 407 g/mol. The highest BCUT2D eigenvalue weighted by atomic mass is 35.5. The molecule has 2 aromatic carbocycles. The summed E-state index contributed by atoms with van der Waals surface area (Å²) in [6.07, 6.45) is 1.83. The van der Waals surface area contributed by atoms with Crippen molar-refractivity contribution in [1.29, 1.82) is 0 Å². The van der Waals surface area contributed by atoms with E-state index in [9.17, 15) is 14.0 Å². The Morgan fingerprint density at radius 3 is 2.54 bits per heavy atom. The Morgan fingerprint density at radius 1 is 1.14 bits per heavy atom. The molecule has 1 aliphatic heterocycles. The standard InChI is InChI=1S/C20H23FN4O2.ClH/c21-14-6-8-15(9-7-14)25(12-10-19(23)26)20(27)13-24-11-2-3-16-17(22)4-1-5-18(16)24;/h1,4-9H,2-3,10-13,22H2,(H2,23,26);1H. The predicted molar refractivity (Wildman–Crippen MR) is 111 cm³/mol. The number of anilines is 3. The van der Waals surface area contributed by atoms with Gasteiger partial charge in [0.1, 0.15) is 5.82 Å². The van der Waals surface area contributed by atoms with Crippen LogP contribution in [0.5, 0.6) is 0 Å². The van der Waals surface area contributed by atoms with Crippen LogP contribution in [0.25, 0.3) is 0 Å². The Kier molecular flexibility index (Phi) is 7.23. The van der Waals surface area contributed by atoms with E-state index in [1.165, 1.54) is 29.2 Å². The minimum atomic E-state index is -0.494. The van der Waals surface area contributed by atoms with Gasteiger partial charge in [-0.3, -0.25) is 9.59 Å². The van der Waals surface area contributed by atoms with E-state index in [2.05, 4.69) is 0 Å². The van der Waals surface area contributed by atoms with Gasteiger partial charge in [0.05, 0.1) is 6.54 Å². The van der Waals surface area contributed by atoms with Gasteiger partial charge in [0.15, 0.2) is 0 Å². The number of fused-ring (bicyclic) bond motifs is 1. The van der Waals surface area contributed by atoms with Crippen LogP contribution in [0.4, 0.5) is 21.5 Å². The zero-order valence-corrected chi connectivity index (χ0v) is 16.3. The Morgan fingerprint density at radius 2 is 1.86 bits per heavy atom. The SMILES string of the molecule is Cl.NC(=O)CCN(C(=O)CN1CCCc2c(N)cccc21)c1ccc(F)cc1. The summed E-state index contributed by atoms with van der Waals surface area (Å²) in [4.78, 5) is 27.7. The first kappa shape index (κ1) is 21.5. The fraction of sp³-hybridized carbons (Fsp3) is 0.300. The third-order valence-corrected chi connectivity index (χ3v) is 4.73. The third-order valence-electron chi connectivity index (χ3n) is 4.73. The first-order valence-corrected chi connectivity index (χ1v) is 8.92. The fourth-order valence-corrected chi connectivity index (χ4v) is 3.38. The number of hydrogen-bond acceptors (Lipinski definition) is 4. The molecular formula is C20H24ClFN4O2. The van der Waals surface area contributed by atoms with Gasteiger partial charge in [-0.15, -0.1) is 12.4 Å². The lowest BCUT2D eigenvalue weighted by Gasteiger charge is -2.33. The summed E-state index contributed by atoms with van der Waals surface area (Å²) in [5.74, 6) is -1.06. The van der Waals surface area contributed by atoms with E-state index in [1.54, 1.807) is 0 Å². The highest BCUT2D eigenvalue weighted by molar-refractivity contribution is 5.97. The maximum atomic E-state index is 13.2. The Labute approximate surface area is 169 Å². The summed E-state index contributed by atoms with van der Waals surface area (Å²) in [6, 6.07) is 11.3. The molecule has 0 radical (unpaired) electrons. The molecule has 0 saturated heterocycles. The monoisotopic (exact) mass is 406 g/mol. The van der Waals surface area contributed by atoms with Gasteiger partial charge in [0.2, 0.25) is 11.8 Å². The molecule has 0 fully saturated rings. The van der Waals surface area contributed by atoms with Crippen molar-refractivity contribution >= 4 is 41.3 Å². The van der Waals surface area contributed by atoms with Gasteiger partial charge >= 0.3 is 0 Å². The van der Waals surface area contributed by atoms with Gasteiger partial charge < -0.3 is 21.3 Å². The van der Waals surface area contributed by atoms with Gasteiger partial charge in [-0.1, -0.05) is 6.07 Å². The maximum Gasteiger partial charge on any atom is 0.246 e. The van der Waals surface area contributed by atoms with Gasteiger partial charge in [-0.05, 0) is 54.8 Å². The summed E-state index contributed by atoms with van der Waals surface area (Å²) >= 11 is 0. The van der Waals surface area contributed by atoms with Crippen LogP contribution in [0.2, 0.25) is 0 Å². The van der Waals surface area contributed by atoms with Crippen molar-refractivity contribution in [2.24, 2.45) is 5.73 Å². The van der Waals surface area contributed by atoms with Crippen LogP contribution in [-0.2, 0) is 16.0 Å². The second-order valence-electron chi connectivity index (χ2n) is 6.61. The molecule has 0 aromatic heterocycles. The first-order chi connectivity index (χ1) is 13.0. The van der Waals surface area contributed by atoms with Crippen LogP contribution in [0.3, 0.4) is 0 Å². The van der Waals surface area contributed by atoms with Crippen LogP contribution >= 0.6 is 12.4 Å². The minimum Gasteiger partial charge on any atom is -0.398 e. The first-order valence-electron chi connectivity index (χ1n) is 8.92. The highest BCUT2D eigenvalue weighted by Gasteiger charge is 2.24. The smallest absolute Gasteiger partial charge is 0.246 e. The molecule has 28 heavy (non-hydrogen) atoms. The average Bonchev–Trinajstić information content (AvgIpc) is 2.64. The van der Waals surface area contributed by atoms with Gasteiger partial charge in [0, 0.05) is 36.6 Å². The topological polar surface area (TPSA) is 92.7 Å². The van der Waals surface area contributed by atoms with Gasteiger partial charge in [-0.2, -0.15) is 0 Å². The number of halogens is 2. The highest BCUT2D eigenvalue weighted by Crippen LogP contribution is 2.31. The van der Waals surface area contributed by atoms with Gasteiger partial charge in [0.25, 0.3) is 0 Å². The van der Waals surface area contributed by atoms with E-state index in [1.807, 2.05) is 23.1 Å². The number of carbonyl (C=O) groups is 2. The number of carbonyl (C=O) groups excluding carboxylic acids is 2. The summed E-state index contributed by atoms with van der Waals surface area (Å²) in [7, 11) is 0. The molecular weight excluding hydrogens is 383 g/mol. The molecule has 1 heterocycles. The van der Waals surface area contributed by atoms with E-state index in [4.69, 9.17) is 11.5 Å². The van der Waals surface area contributed by atoms with Crippen LogP contribution in [-0.4, -0.2) is 31.4 Å². The lowest BCUT2D eigenvalue weighted by molar-refractivity contribution is -0.118. The van der Waals surface area contributed by atoms with Crippen molar-refractivity contribution in [2.75, 3.05) is 35.2 Å². The van der Waals surface area contributed by atoms with Crippen molar-refractivity contribution < 1.29 is 14.0 Å². The fourth-order valence-electron chi connectivity index (χ4n) is 3.38. The lowest BCUT2D eigenvalue weighted by Crippen LogP contribution is -2.43. The number of benzene rings is 2. The molecule has 0 spiro atoms. The molecule has 2 amide bonds. The summed E-state index contributed by atoms with van der Waals surface area (Å²) in [5, 5.41) is 0. The molecule has 3 rings (SSSR count). The van der Waals surface area contributed by atoms with Gasteiger partial charge in [-0.25, -0.2) is 4.39 Å². The van der Waals surface area contributed by atoms with E-state index in [0.717, 1.165) is 36.3 Å². The number of nitrogens with zero attached hydrogens (tertiary/aromatic N) is 2. The molecule has 0 bridgehead atoms. The van der Waals surface area contributed by atoms with E-state index in [0.29, 0.717) is 5.69 Å². The third kappa shape index (κ3) is 4.92. The number of nitrogens with two attached hydrogens (primary N) is 2. The molecule has 4 N–H and O–H groups in total. The number of amides is 2. The normalized spacial score (nSPS) is 12.7. The lowest BCUT2D eigenvalue weighted by atomic mass is 10.00. The Hall–Kier alpha value is -2.80. The Bertz CT molecular complexity index is 845. The van der Waals surface area contributed by atoms with Crippen molar-refractivity contribution in [3.8, 4) is 0 Å². The number of hydrogen-bond donors (Lipinski definition) is 2. The van der Waals surface area contributed by atoms with Crippen LogP contribution < -0.4 is 21.3 Å². The molecule has 0 saturated carbocycles. The molecule has 0 atom stereocenters. The quantitative estimate of drug-likeness (QED) is 0.721. The number of primary amides is 1. The van der Waals surface area contributed by atoms with Crippen molar-refractivity contribution in [3.63, 3.8) is 0 Å². The molecule has 1 aliphatic rings. The molecule has 8 heteroatoms. The zero-order chi connectivity index (χ0) is 19.4. The number of nitrogen functional groups attached to an aromatic ring is 1. The van der Waals surface area contributed by atoms with E-state index in [-0.39, 0.29) is 43.6 Å². The van der Waals surface area contributed by atoms with Crippen molar-refractivity contribution in [3.05, 3.63) is 53.8 Å². The molecule has 6 nitrogen and oxygen atoms in total. The van der Waals surface area contributed by atoms with E-state index >= 15 is 0 Å². The van der Waals surface area contributed by atoms with E-state index < -0.39 is 5.91 Å². The van der Waals surface area contributed by atoms with Crippen LogP contribution in [0.15, 0.2) is 42.5 Å². The summed E-state index contributed by atoms with van der Waals surface area (Å²) in [5.41, 5.74) is 14.6. The second-order valence-corrected chi connectivity index (χ2v) is 6.61. The van der Waals surface area contributed by atoms with Crippen LogP contribution in [0, 0.1) is 5.82 Å². The number of rotatable bonds is 6. The predicted octanol–water partition coefficient (Wildman–Crippen LogP) is 2.49. The largest absolute Gasteiger partial charge is 0.398 e. The molecule has 150 valence electrons.